The van der Waals surface area contributed by atoms with Crippen molar-refractivity contribution >= 4 is 11.6 Å². The molecule has 1 N–H and O–H groups in total. The smallest absolute Gasteiger partial charge is 0.162 e. The molecule has 5 heteroatoms. The maximum Gasteiger partial charge on any atom is 0.162 e. The van der Waals surface area contributed by atoms with E-state index in [1.54, 1.807) is 42.5 Å². The van der Waals surface area contributed by atoms with Gasteiger partial charge in [0.25, 0.3) is 0 Å². The van der Waals surface area contributed by atoms with Gasteiger partial charge in [-0.15, -0.1) is 0 Å². The summed E-state index contributed by atoms with van der Waals surface area (Å²) in [6, 6.07) is 13.9. The molecule has 1 atom stereocenters. The third-order valence-electron chi connectivity index (χ3n) is 3.02. The Balaban J connectivity index is 2.07. The van der Waals surface area contributed by atoms with E-state index in [4.69, 9.17) is 26.3 Å². The zero-order chi connectivity index (χ0) is 15.9. The highest BCUT2D eigenvalue weighted by Crippen LogP contribution is 2.29. The fourth-order valence-corrected chi connectivity index (χ4v) is 2.04. The molecule has 0 aliphatic carbocycles. The van der Waals surface area contributed by atoms with Crippen LogP contribution in [0.3, 0.4) is 0 Å². The number of rotatable bonds is 6. The number of aliphatic hydroxyl groups is 1. The number of hydrogen-bond acceptors (Lipinski definition) is 4. The molecular formula is C17H16ClNO3. The predicted octanol–water partition coefficient (Wildman–Crippen LogP) is 3.72. The number of ether oxygens (including phenoxy) is 2. The molecule has 0 bridgehead atoms. The summed E-state index contributed by atoms with van der Waals surface area (Å²) in [7, 11) is 0. The Morgan fingerprint density at radius 2 is 1.86 bits per heavy atom. The number of hydrogen-bond donors (Lipinski definition) is 1. The van der Waals surface area contributed by atoms with Crippen molar-refractivity contribution in [3.8, 4) is 17.6 Å². The number of benzene rings is 2. The van der Waals surface area contributed by atoms with Crippen LogP contribution in [0, 0.1) is 11.3 Å². The Bertz CT molecular complexity index is 665. The molecule has 0 amide bonds. The Morgan fingerprint density at radius 1 is 1.14 bits per heavy atom. The highest BCUT2D eigenvalue weighted by molar-refractivity contribution is 6.30. The average molecular weight is 318 g/mol. The summed E-state index contributed by atoms with van der Waals surface area (Å²) in [4.78, 5) is 0. The number of nitriles is 1. The average Bonchev–Trinajstić information content (AvgIpc) is 2.54. The van der Waals surface area contributed by atoms with E-state index < -0.39 is 6.10 Å². The standard InChI is InChI=1S/C17H16ClNO3/c1-2-21-17-9-12(10-19)3-8-16(17)22-11-15(20)13-4-6-14(18)7-5-13/h3-9,15,20H,2,11H2,1H3. The molecule has 0 fully saturated rings. The summed E-state index contributed by atoms with van der Waals surface area (Å²) >= 11 is 5.82. The van der Waals surface area contributed by atoms with Crippen molar-refractivity contribution in [2.45, 2.75) is 13.0 Å². The zero-order valence-electron chi connectivity index (χ0n) is 12.1. The maximum absolute atomic E-state index is 10.1. The highest BCUT2D eigenvalue weighted by atomic mass is 35.5. The maximum atomic E-state index is 10.1. The molecule has 4 nitrogen and oxygen atoms in total. The van der Waals surface area contributed by atoms with Gasteiger partial charge in [-0.1, -0.05) is 23.7 Å². The molecule has 0 spiro atoms. The van der Waals surface area contributed by atoms with Crippen LogP contribution >= 0.6 is 11.6 Å². The van der Waals surface area contributed by atoms with Gasteiger partial charge in [-0.05, 0) is 36.8 Å². The summed E-state index contributed by atoms with van der Waals surface area (Å²) in [6.45, 7) is 2.39. The first-order valence-corrected chi connectivity index (χ1v) is 7.25. The van der Waals surface area contributed by atoms with Crippen molar-refractivity contribution < 1.29 is 14.6 Å². The molecule has 0 radical (unpaired) electrons. The van der Waals surface area contributed by atoms with Gasteiger partial charge in [0.05, 0.1) is 18.2 Å². The number of halogens is 1. The van der Waals surface area contributed by atoms with Crippen LogP contribution in [0.4, 0.5) is 0 Å². The third-order valence-corrected chi connectivity index (χ3v) is 3.28. The molecule has 0 saturated carbocycles. The second-order valence-corrected chi connectivity index (χ2v) is 5.02. The Hall–Kier alpha value is -2.22. The van der Waals surface area contributed by atoms with E-state index in [0.29, 0.717) is 28.7 Å². The molecule has 0 aliphatic rings. The lowest BCUT2D eigenvalue weighted by molar-refractivity contribution is 0.106. The summed E-state index contributed by atoms with van der Waals surface area (Å²) in [6.07, 6.45) is -0.776. The van der Waals surface area contributed by atoms with Crippen molar-refractivity contribution in [2.24, 2.45) is 0 Å². The van der Waals surface area contributed by atoms with Crippen LogP contribution in [-0.4, -0.2) is 18.3 Å². The predicted molar refractivity (Wildman–Crippen MR) is 84.2 cm³/mol. The Kier molecular flexibility index (Phi) is 5.65. The third kappa shape index (κ3) is 4.14. The quantitative estimate of drug-likeness (QED) is 0.882. The van der Waals surface area contributed by atoms with Crippen molar-refractivity contribution in [2.75, 3.05) is 13.2 Å². The van der Waals surface area contributed by atoms with Crippen LogP contribution in [0.2, 0.25) is 5.02 Å². The summed E-state index contributed by atoms with van der Waals surface area (Å²) in [5, 5.41) is 19.7. The van der Waals surface area contributed by atoms with Gasteiger partial charge in [-0.2, -0.15) is 5.26 Å². The van der Waals surface area contributed by atoms with Gasteiger partial charge < -0.3 is 14.6 Å². The van der Waals surface area contributed by atoms with Gasteiger partial charge in [0.2, 0.25) is 0 Å². The topological polar surface area (TPSA) is 62.5 Å². The second-order valence-electron chi connectivity index (χ2n) is 4.58. The van der Waals surface area contributed by atoms with Gasteiger partial charge in [0.1, 0.15) is 12.7 Å². The molecule has 2 aromatic carbocycles. The summed E-state index contributed by atoms with van der Waals surface area (Å²) < 4.78 is 11.1. The van der Waals surface area contributed by atoms with E-state index in [1.807, 2.05) is 6.92 Å². The van der Waals surface area contributed by atoms with Crippen molar-refractivity contribution in [1.82, 2.24) is 0 Å². The van der Waals surface area contributed by atoms with Gasteiger partial charge >= 0.3 is 0 Å². The van der Waals surface area contributed by atoms with E-state index in [0.717, 1.165) is 5.56 Å². The van der Waals surface area contributed by atoms with E-state index in [2.05, 4.69) is 6.07 Å². The van der Waals surface area contributed by atoms with E-state index in [-0.39, 0.29) is 6.61 Å². The first kappa shape index (κ1) is 16.2. The van der Waals surface area contributed by atoms with E-state index >= 15 is 0 Å². The van der Waals surface area contributed by atoms with E-state index in [9.17, 15) is 5.11 Å². The lowest BCUT2D eigenvalue weighted by Crippen LogP contribution is -2.10. The molecule has 2 aromatic rings. The first-order chi connectivity index (χ1) is 10.6. The Labute approximate surface area is 134 Å². The van der Waals surface area contributed by atoms with Gasteiger partial charge in [0, 0.05) is 11.1 Å². The molecular weight excluding hydrogens is 302 g/mol. The molecule has 114 valence electrons. The van der Waals surface area contributed by atoms with E-state index in [1.165, 1.54) is 0 Å². The molecule has 2 rings (SSSR count). The van der Waals surface area contributed by atoms with Crippen molar-refractivity contribution in [3.05, 3.63) is 58.6 Å². The Morgan fingerprint density at radius 3 is 2.50 bits per heavy atom. The normalized spacial score (nSPS) is 11.5. The molecule has 0 saturated heterocycles. The minimum absolute atomic E-state index is 0.0770. The van der Waals surface area contributed by atoms with Crippen LogP contribution in [0.25, 0.3) is 0 Å². The van der Waals surface area contributed by atoms with Crippen LogP contribution in [-0.2, 0) is 0 Å². The lowest BCUT2D eigenvalue weighted by Gasteiger charge is -2.15. The molecule has 0 aliphatic heterocycles. The van der Waals surface area contributed by atoms with Crippen LogP contribution in [0.15, 0.2) is 42.5 Å². The van der Waals surface area contributed by atoms with Crippen LogP contribution in [0.1, 0.15) is 24.2 Å². The van der Waals surface area contributed by atoms with Gasteiger partial charge in [-0.25, -0.2) is 0 Å². The fourth-order valence-electron chi connectivity index (χ4n) is 1.92. The number of aliphatic hydroxyl groups excluding tert-OH is 1. The SMILES string of the molecule is CCOc1cc(C#N)ccc1OCC(O)c1ccc(Cl)cc1. The summed E-state index contributed by atoms with van der Waals surface area (Å²) in [5.74, 6) is 0.985. The largest absolute Gasteiger partial charge is 0.490 e. The van der Waals surface area contributed by atoms with Crippen LogP contribution in [0.5, 0.6) is 11.5 Å². The van der Waals surface area contributed by atoms with Gasteiger partial charge in [0.15, 0.2) is 11.5 Å². The highest BCUT2D eigenvalue weighted by Gasteiger charge is 2.11. The van der Waals surface area contributed by atoms with Gasteiger partial charge in [-0.3, -0.25) is 0 Å². The molecule has 0 heterocycles. The minimum atomic E-state index is -0.776. The summed E-state index contributed by atoms with van der Waals surface area (Å²) in [5.41, 5.74) is 1.21. The second kappa shape index (κ2) is 7.69. The molecule has 22 heavy (non-hydrogen) atoms. The lowest BCUT2D eigenvalue weighted by atomic mass is 10.1. The number of nitrogens with zero attached hydrogens (tertiary/aromatic N) is 1. The first-order valence-electron chi connectivity index (χ1n) is 6.87. The fraction of sp³-hybridized carbons (Fsp3) is 0.235. The minimum Gasteiger partial charge on any atom is -0.490 e. The zero-order valence-corrected chi connectivity index (χ0v) is 12.9. The van der Waals surface area contributed by atoms with Crippen molar-refractivity contribution in [1.29, 1.82) is 5.26 Å². The molecule has 1 unspecified atom stereocenters. The molecule has 0 aromatic heterocycles. The van der Waals surface area contributed by atoms with Crippen LogP contribution < -0.4 is 9.47 Å². The van der Waals surface area contributed by atoms with Crippen molar-refractivity contribution in [3.63, 3.8) is 0 Å². The monoisotopic (exact) mass is 317 g/mol.